The van der Waals surface area contributed by atoms with Crippen molar-refractivity contribution < 1.29 is 5.02 Å². The van der Waals surface area contributed by atoms with Crippen LogP contribution >= 0.6 is 0 Å². The quantitative estimate of drug-likeness (QED) is 0.476. The summed E-state index contributed by atoms with van der Waals surface area (Å²) in [6, 6.07) is 18.6. The number of hydrogen-bond acceptors (Lipinski definition) is 1. The first-order valence-electron chi connectivity index (χ1n) is 5.40. The summed E-state index contributed by atoms with van der Waals surface area (Å²) in [5.74, 6) is 0. The molecule has 0 fully saturated rings. The van der Waals surface area contributed by atoms with E-state index in [4.69, 9.17) is 0 Å². The second-order valence-electron chi connectivity index (χ2n) is 3.96. The van der Waals surface area contributed by atoms with Gasteiger partial charge in [-0.15, -0.1) is 0 Å². The van der Waals surface area contributed by atoms with Gasteiger partial charge in [0.25, 0.3) is 0 Å². The SMILES string of the molecule is OBc1cc2ccccc2c2ccccc12. The normalized spacial score (nSPS) is 10.8. The molecular formula is C14H11BO. The maximum atomic E-state index is 9.40. The van der Waals surface area contributed by atoms with Crippen LogP contribution in [0.25, 0.3) is 21.5 Å². The molecule has 0 atom stereocenters. The van der Waals surface area contributed by atoms with Gasteiger partial charge in [-0.1, -0.05) is 54.6 Å². The number of fused-ring (bicyclic) bond motifs is 3. The van der Waals surface area contributed by atoms with Gasteiger partial charge in [0.2, 0.25) is 0 Å². The summed E-state index contributed by atoms with van der Waals surface area (Å²) in [5, 5.41) is 14.2. The molecule has 76 valence electrons. The van der Waals surface area contributed by atoms with Gasteiger partial charge in [0.1, 0.15) is 0 Å². The molecule has 3 aromatic carbocycles. The third-order valence-electron chi connectivity index (χ3n) is 3.02. The Hall–Kier alpha value is -1.80. The molecule has 16 heavy (non-hydrogen) atoms. The van der Waals surface area contributed by atoms with Crippen molar-refractivity contribution in [3.8, 4) is 0 Å². The zero-order chi connectivity index (χ0) is 11.0. The average Bonchev–Trinajstić information content (AvgIpc) is 2.38. The van der Waals surface area contributed by atoms with Crippen molar-refractivity contribution in [2.45, 2.75) is 0 Å². The first-order chi connectivity index (χ1) is 7.90. The standard InChI is InChI=1S/C14H11BO/c16-15-14-9-10-5-1-2-6-11(10)12-7-3-4-8-13(12)14/h1-9,15-16H. The Morgan fingerprint density at radius 3 is 2.12 bits per heavy atom. The molecule has 0 heterocycles. The Bertz CT molecular complexity index is 661. The summed E-state index contributed by atoms with van der Waals surface area (Å²) >= 11 is 0. The summed E-state index contributed by atoms with van der Waals surface area (Å²) in [7, 11) is 0.0886. The van der Waals surface area contributed by atoms with E-state index in [1.165, 1.54) is 16.2 Å². The smallest absolute Gasteiger partial charge is 0.305 e. The molecule has 0 aliphatic rings. The predicted molar refractivity (Wildman–Crippen MR) is 70.5 cm³/mol. The molecule has 0 saturated heterocycles. The van der Waals surface area contributed by atoms with Crippen LogP contribution in [0, 0.1) is 0 Å². The van der Waals surface area contributed by atoms with Gasteiger partial charge in [-0.25, -0.2) is 0 Å². The van der Waals surface area contributed by atoms with Gasteiger partial charge in [-0.05, 0) is 27.0 Å². The molecule has 1 nitrogen and oxygen atoms in total. The molecule has 1 N–H and O–H groups in total. The topological polar surface area (TPSA) is 20.2 Å². The molecule has 0 aliphatic heterocycles. The Kier molecular flexibility index (Phi) is 2.15. The number of hydrogen-bond donors (Lipinski definition) is 1. The molecule has 0 bridgehead atoms. The molecule has 0 saturated carbocycles. The van der Waals surface area contributed by atoms with E-state index in [9.17, 15) is 5.02 Å². The Labute approximate surface area is 94.6 Å². The summed E-state index contributed by atoms with van der Waals surface area (Å²) in [5.41, 5.74) is 0.995. The first-order valence-corrected chi connectivity index (χ1v) is 5.40. The molecule has 0 radical (unpaired) electrons. The minimum Gasteiger partial charge on any atom is -0.449 e. The lowest BCUT2D eigenvalue weighted by molar-refractivity contribution is 0.616. The number of rotatable bonds is 1. The Balaban J connectivity index is 2.57. The highest BCUT2D eigenvalue weighted by atomic mass is 16.2. The second kappa shape index (κ2) is 3.65. The first kappa shape index (κ1) is 9.43. The Morgan fingerprint density at radius 1 is 0.750 bits per heavy atom. The van der Waals surface area contributed by atoms with Crippen LogP contribution < -0.4 is 5.46 Å². The lowest BCUT2D eigenvalue weighted by atomic mass is 9.82. The van der Waals surface area contributed by atoms with E-state index in [0.29, 0.717) is 0 Å². The molecule has 2 heteroatoms. The summed E-state index contributed by atoms with van der Waals surface area (Å²) in [6.45, 7) is 0. The summed E-state index contributed by atoms with van der Waals surface area (Å²) in [6.07, 6.45) is 0. The van der Waals surface area contributed by atoms with Gasteiger partial charge in [-0.3, -0.25) is 0 Å². The van der Waals surface area contributed by atoms with Crippen molar-refractivity contribution in [3.63, 3.8) is 0 Å². The second-order valence-corrected chi connectivity index (χ2v) is 3.96. The molecule has 0 amide bonds. The van der Waals surface area contributed by atoms with Crippen molar-refractivity contribution in [1.82, 2.24) is 0 Å². The van der Waals surface area contributed by atoms with Crippen LogP contribution in [0.15, 0.2) is 54.6 Å². The van der Waals surface area contributed by atoms with Crippen molar-refractivity contribution >= 4 is 34.5 Å². The molecular weight excluding hydrogens is 195 g/mol. The van der Waals surface area contributed by atoms with Gasteiger partial charge in [0.05, 0.1) is 0 Å². The summed E-state index contributed by atoms with van der Waals surface area (Å²) < 4.78 is 0. The molecule has 0 unspecified atom stereocenters. The van der Waals surface area contributed by atoms with Crippen LogP contribution in [-0.2, 0) is 0 Å². The van der Waals surface area contributed by atoms with Crippen molar-refractivity contribution in [2.24, 2.45) is 0 Å². The van der Waals surface area contributed by atoms with Crippen LogP contribution in [0.3, 0.4) is 0 Å². The van der Waals surface area contributed by atoms with Crippen molar-refractivity contribution in [1.29, 1.82) is 0 Å². The zero-order valence-corrected chi connectivity index (χ0v) is 8.85. The number of benzene rings is 3. The molecule has 3 aromatic rings. The highest BCUT2D eigenvalue weighted by Crippen LogP contribution is 2.23. The third-order valence-corrected chi connectivity index (χ3v) is 3.02. The average molecular weight is 206 g/mol. The van der Waals surface area contributed by atoms with Gasteiger partial charge in [0, 0.05) is 0 Å². The third kappa shape index (κ3) is 1.31. The Morgan fingerprint density at radius 2 is 1.38 bits per heavy atom. The van der Waals surface area contributed by atoms with E-state index in [2.05, 4.69) is 30.3 Å². The van der Waals surface area contributed by atoms with Crippen LogP contribution in [0.2, 0.25) is 0 Å². The van der Waals surface area contributed by atoms with Crippen LogP contribution in [0.1, 0.15) is 0 Å². The maximum absolute atomic E-state index is 9.40. The van der Waals surface area contributed by atoms with Gasteiger partial charge in [-0.2, -0.15) is 0 Å². The fourth-order valence-corrected chi connectivity index (χ4v) is 2.26. The zero-order valence-electron chi connectivity index (χ0n) is 8.85. The van der Waals surface area contributed by atoms with Crippen molar-refractivity contribution in [2.75, 3.05) is 0 Å². The summed E-state index contributed by atoms with van der Waals surface area (Å²) in [4.78, 5) is 0. The highest BCUT2D eigenvalue weighted by molar-refractivity contribution is 6.51. The fourth-order valence-electron chi connectivity index (χ4n) is 2.26. The molecule has 0 spiro atoms. The van der Waals surface area contributed by atoms with E-state index in [0.717, 1.165) is 10.8 Å². The van der Waals surface area contributed by atoms with E-state index in [1.54, 1.807) is 0 Å². The lowest BCUT2D eigenvalue weighted by Gasteiger charge is -2.07. The highest BCUT2D eigenvalue weighted by Gasteiger charge is 2.05. The van der Waals surface area contributed by atoms with Crippen LogP contribution in [0.5, 0.6) is 0 Å². The van der Waals surface area contributed by atoms with E-state index >= 15 is 0 Å². The molecule has 0 aliphatic carbocycles. The predicted octanol–water partition coefficient (Wildman–Crippen LogP) is 1.96. The minimum absolute atomic E-state index is 0.0886. The van der Waals surface area contributed by atoms with E-state index in [1.807, 2.05) is 24.3 Å². The fraction of sp³-hybridized carbons (Fsp3) is 0. The van der Waals surface area contributed by atoms with Gasteiger partial charge >= 0.3 is 7.48 Å². The maximum Gasteiger partial charge on any atom is 0.305 e. The van der Waals surface area contributed by atoms with Gasteiger partial charge in [0.15, 0.2) is 0 Å². The van der Waals surface area contributed by atoms with Crippen molar-refractivity contribution in [3.05, 3.63) is 54.6 Å². The van der Waals surface area contributed by atoms with Crippen LogP contribution in [-0.4, -0.2) is 12.5 Å². The van der Waals surface area contributed by atoms with E-state index in [-0.39, 0.29) is 7.48 Å². The monoisotopic (exact) mass is 206 g/mol. The molecule has 3 rings (SSSR count). The van der Waals surface area contributed by atoms with Gasteiger partial charge < -0.3 is 5.02 Å². The largest absolute Gasteiger partial charge is 0.449 e. The van der Waals surface area contributed by atoms with E-state index < -0.39 is 0 Å². The lowest BCUT2D eigenvalue weighted by Crippen LogP contribution is -2.14. The van der Waals surface area contributed by atoms with Crippen LogP contribution in [0.4, 0.5) is 0 Å². The minimum atomic E-state index is 0.0886. The molecule has 0 aromatic heterocycles.